The Morgan fingerprint density at radius 2 is 1.85 bits per heavy atom. The molecule has 0 aromatic carbocycles. The van der Waals surface area contributed by atoms with Crippen LogP contribution in [-0.4, -0.2) is 43.1 Å². The number of hydrogen-bond acceptors (Lipinski definition) is 8. The molecule has 0 aliphatic carbocycles. The third kappa shape index (κ3) is 6.64. The van der Waals surface area contributed by atoms with Crippen LogP contribution in [0.15, 0.2) is 16.3 Å². The van der Waals surface area contributed by atoms with Crippen molar-refractivity contribution in [1.82, 2.24) is 9.71 Å². The lowest BCUT2D eigenvalue weighted by atomic mass is 10.1. The Balaban J connectivity index is 2.23. The first-order valence-corrected chi connectivity index (χ1v) is 11.3. The summed E-state index contributed by atoms with van der Waals surface area (Å²) in [5, 5.41) is 10.9. The fourth-order valence-electron chi connectivity index (χ4n) is 2.65. The van der Waals surface area contributed by atoms with Crippen molar-refractivity contribution in [1.29, 1.82) is 0 Å². The number of thiophene rings is 1. The first-order valence-electron chi connectivity index (χ1n) is 9.00. The van der Waals surface area contributed by atoms with Gasteiger partial charge in [0.2, 0.25) is 0 Å². The van der Waals surface area contributed by atoms with Gasteiger partial charge in [0.05, 0.1) is 12.2 Å². The SMILES string of the molecule is CC(=O)OCCc1sc(S(=O)(=O)NC(=O)Nc2cc(C(F)(F)F)c(C)c(C(=O)O)n2)cc1C. The molecule has 0 unspecified atom stereocenters. The Morgan fingerprint density at radius 1 is 1.21 bits per heavy atom. The first kappa shape index (κ1) is 26.1. The smallest absolute Gasteiger partial charge is 0.416 e. The Morgan fingerprint density at radius 3 is 2.39 bits per heavy atom. The number of amides is 2. The van der Waals surface area contributed by atoms with Gasteiger partial charge in [0, 0.05) is 18.2 Å². The Hall–Kier alpha value is -3.20. The Labute approximate surface area is 189 Å². The number of alkyl halides is 3. The molecule has 2 heterocycles. The van der Waals surface area contributed by atoms with Crippen molar-refractivity contribution < 1.29 is 45.8 Å². The molecule has 2 aromatic heterocycles. The standard InChI is InChI=1S/C18H18F3N3O7S2/c1-8-6-14(32-12(8)4-5-31-10(3)25)33(29,30)24-17(28)23-13-7-11(18(19,20)21)9(2)15(22-13)16(26)27/h6-7H,4-5H2,1-3H3,(H,26,27)(H2,22,23,24,28). The van der Waals surface area contributed by atoms with Crippen LogP contribution in [0, 0.1) is 13.8 Å². The summed E-state index contributed by atoms with van der Waals surface area (Å²) < 4.78 is 70.8. The number of aromatic nitrogens is 1. The number of rotatable bonds is 7. The maximum absolute atomic E-state index is 13.2. The molecule has 0 fully saturated rings. The summed E-state index contributed by atoms with van der Waals surface area (Å²) in [6.45, 7) is 3.77. The van der Waals surface area contributed by atoms with Gasteiger partial charge in [0.1, 0.15) is 10.0 Å². The van der Waals surface area contributed by atoms with Gasteiger partial charge in [-0.1, -0.05) is 0 Å². The zero-order chi connectivity index (χ0) is 25.1. The Kier molecular flexibility index (Phi) is 7.69. The highest BCUT2D eigenvalue weighted by atomic mass is 32.2. The molecule has 33 heavy (non-hydrogen) atoms. The summed E-state index contributed by atoms with van der Waals surface area (Å²) in [6.07, 6.45) is -4.70. The number of nitrogens with zero attached hydrogens (tertiary/aromatic N) is 1. The van der Waals surface area contributed by atoms with Crippen LogP contribution >= 0.6 is 11.3 Å². The average molecular weight is 509 g/mol. The molecule has 0 aliphatic rings. The molecule has 0 saturated carbocycles. The van der Waals surface area contributed by atoms with Crippen LogP contribution in [0.1, 0.15) is 39.0 Å². The molecular weight excluding hydrogens is 491 g/mol. The van der Waals surface area contributed by atoms with Gasteiger partial charge in [-0.3, -0.25) is 10.1 Å². The number of sulfonamides is 1. The van der Waals surface area contributed by atoms with Gasteiger partial charge in [0.15, 0.2) is 5.69 Å². The largest absolute Gasteiger partial charge is 0.477 e. The van der Waals surface area contributed by atoms with E-state index in [1.165, 1.54) is 13.0 Å². The molecule has 3 N–H and O–H groups in total. The molecule has 2 aromatic rings. The number of aromatic carboxylic acids is 1. The maximum atomic E-state index is 13.2. The normalized spacial score (nSPS) is 11.7. The highest BCUT2D eigenvalue weighted by Gasteiger charge is 2.35. The lowest BCUT2D eigenvalue weighted by Gasteiger charge is -2.14. The third-order valence-electron chi connectivity index (χ3n) is 4.15. The minimum Gasteiger partial charge on any atom is -0.477 e. The fourth-order valence-corrected chi connectivity index (χ4v) is 5.12. The molecule has 15 heteroatoms. The van der Waals surface area contributed by atoms with Crippen molar-refractivity contribution >= 4 is 45.1 Å². The van der Waals surface area contributed by atoms with Crippen molar-refractivity contribution in [2.24, 2.45) is 0 Å². The quantitative estimate of drug-likeness (QED) is 0.482. The molecule has 0 bridgehead atoms. The van der Waals surface area contributed by atoms with Crippen molar-refractivity contribution in [3.63, 3.8) is 0 Å². The summed E-state index contributed by atoms with van der Waals surface area (Å²) in [4.78, 5) is 38.2. The van der Waals surface area contributed by atoms with Gasteiger partial charge in [-0.05, 0) is 37.1 Å². The number of anilines is 1. The van der Waals surface area contributed by atoms with Crippen molar-refractivity contribution in [2.45, 2.75) is 37.6 Å². The van der Waals surface area contributed by atoms with Crippen LogP contribution in [0.4, 0.5) is 23.8 Å². The average Bonchev–Trinajstić information content (AvgIpc) is 3.03. The summed E-state index contributed by atoms with van der Waals surface area (Å²) in [5.74, 6) is -3.06. The number of carboxylic acid groups (broad SMARTS) is 1. The van der Waals surface area contributed by atoms with E-state index < -0.39 is 56.8 Å². The number of halogens is 3. The predicted octanol–water partition coefficient (Wildman–Crippen LogP) is 3.09. The number of esters is 1. The molecule has 10 nitrogen and oxygen atoms in total. The maximum Gasteiger partial charge on any atom is 0.416 e. The molecule has 0 spiro atoms. The van der Waals surface area contributed by atoms with E-state index in [1.807, 2.05) is 5.32 Å². The summed E-state index contributed by atoms with van der Waals surface area (Å²) in [5.41, 5.74) is -2.40. The number of carboxylic acids is 1. The van der Waals surface area contributed by atoms with E-state index in [0.717, 1.165) is 18.3 Å². The van der Waals surface area contributed by atoms with Gasteiger partial charge >= 0.3 is 24.1 Å². The number of urea groups is 1. The van der Waals surface area contributed by atoms with Crippen molar-refractivity contribution in [2.75, 3.05) is 11.9 Å². The molecule has 0 saturated heterocycles. The van der Waals surface area contributed by atoms with Gasteiger partial charge < -0.3 is 9.84 Å². The molecule has 2 rings (SSSR count). The lowest BCUT2D eigenvalue weighted by molar-refractivity contribution is -0.141. The minimum atomic E-state index is -4.94. The predicted molar refractivity (Wildman–Crippen MR) is 110 cm³/mol. The number of nitrogens with one attached hydrogen (secondary N) is 2. The Bertz CT molecular complexity index is 1210. The highest BCUT2D eigenvalue weighted by molar-refractivity contribution is 7.92. The van der Waals surface area contributed by atoms with Crippen LogP contribution in [0.25, 0.3) is 0 Å². The molecule has 0 aliphatic heterocycles. The van der Waals surface area contributed by atoms with E-state index >= 15 is 0 Å². The van der Waals surface area contributed by atoms with Crippen LogP contribution in [0.5, 0.6) is 0 Å². The van der Waals surface area contributed by atoms with Gasteiger partial charge in [-0.2, -0.15) is 13.2 Å². The number of carbonyl (C=O) groups is 3. The molecule has 2 amide bonds. The van der Waals surface area contributed by atoms with E-state index in [9.17, 15) is 36.0 Å². The van der Waals surface area contributed by atoms with Gasteiger partial charge in [-0.15, -0.1) is 11.3 Å². The zero-order valence-electron chi connectivity index (χ0n) is 17.4. The molecule has 0 radical (unpaired) electrons. The van der Waals surface area contributed by atoms with Crippen LogP contribution in [-0.2, 0) is 32.2 Å². The second kappa shape index (κ2) is 9.74. The molecule has 0 atom stereocenters. The number of pyridine rings is 1. The first-order chi connectivity index (χ1) is 15.1. The number of carbonyl (C=O) groups excluding carboxylic acids is 2. The van der Waals surface area contributed by atoms with Gasteiger partial charge in [0.25, 0.3) is 10.0 Å². The van der Waals surface area contributed by atoms with E-state index in [0.29, 0.717) is 16.5 Å². The molecule has 180 valence electrons. The van der Waals surface area contributed by atoms with Crippen LogP contribution in [0.2, 0.25) is 0 Å². The van der Waals surface area contributed by atoms with Crippen LogP contribution in [0.3, 0.4) is 0 Å². The second-order valence-corrected chi connectivity index (χ2v) is 9.70. The summed E-state index contributed by atoms with van der Waals surface area (Å²) in [6, 6.07) is 0.233. The highest BCUT2D eigenvalue weighted by Crippen LogP contribution is 2.34. The van der Waals surface area contributed by atoms with Crippen molar-refractivity contribution in [3.8, 4) is 0 Å². The van der Waals surface area contributed by atoms with Crippen LogP contribution < -0.4 is 10.0 Å². The lowest BCUT2D eigenvalue weighted by Crippen LogP contribution is -2.34. The molecular formula is C18H18F3N3O7S2. The summed E-state index contributed by atoms with van der Waals surface area (Å²) >= 11 is 0.817. The summed E-state index contributed by atoms with van der Waals surface area (Å²) in [7, 11) is -4.41. The number of aryl methyl sites for hydroxylation is 1. The monoisotopic (exact) mass is 509 g/mol. The minimum absolute atomic E-state index is 0.0244. The van der Waals surface area contributed by atoms with E-state index in [-0.39, 0.29) is 17.2 Å². The van der Waals surface area contributed by atoms with E-state index in [2.05, 4.69) is 4.98 Å². The zero-order valence-corrected chi connectivity index (χ0v) is 19.0. The van der Waals surface area contributed by atoms with E-state index in [4.69, 9.17) is 9.84 Å². The number of ether oxygens (including phenoxy) is 1. The van der Waals surface area contributed by atoms with Gasteiger partial charge in [-0.25, -0.2) is 27.7 Å². The fraction of sp³-hybridized carbons (Fsp3) is 0.333. The number of hydrogen-bond donors (Lipinski definition) is 3. The van der Waals surface area contributed by atoms with Crippen molar-refractivity contribution in [3.05, 3.63) is 39.4 Å². The van der Waals surface area contributed by atoms with E-state index in [1.54, 1.807) is 11.6 Å². The second-order valence-electron chi connectivity index (χ2n) is 6.65. The third-order valence-corrected chi connectivity index (χ3v) is 7.25. The topological polar surface area (TPSA) is 152 Å².